The third-order valence-electron chi connectivity index (χ3n) is 7.48. The van der Waals surface area contributed by atoms with Crippen molar-refractivity contribution in [2.75, 3.05) is 32.7 Å². The van der Waals surface area contributed by atoms with Crippen LogP contribution in [0.15, 0.2) is 54.6 Å². The molecule has 2 N–H and O–H groups in total. The van der Waals surface area contributed by atoms with Gasteiger partial charge in [-0.15, -0.1) is 0 Å². The maximum atomic E-state index is 13.1. The fourth-order valence-corrected chi connectivity index (χ4v) is 5.91. The van der Waals surface area contributed by atoms with Crippen LogP contribution >= 0.6 is 0 Å². The normalized spacial score (nSPS) is 24.0. The second-order valence-corrected chi connectivity index (χ2v) is 10.8. The summed E-state index contributed by atoms with van der Waals surface area (Å²) < 4.78 is 6.34. The topological polar surface area (TPSA) is 53.6 Å². The zero-order chi connectivity index (χ0) is 23.5. The fraction of sp³-hybridized carbons (Fsp3) is 0.536. The second kappa shape index (κ2) is 9.86. The van der Waals surface area contributed by atoms with Gasteiger partial charge < -0.3 is 20.3 Å². The highest BCUT2D eigenvalue weighted by molar-refractivity contribution is 5.94. The van der Waals surface area contributed by atoms with Crippen LogP contribution in [-0.2, 0) is 6.42 Å². The van der Waals surface area contributed by atoms with Gasteiger partial charge in [-0.2, -0.15) is 0 Å². The highest BCUT2D eigenvalue weighted by Gasteiger charge is 2.64. The third-order valence-corrected chi connectivity index (χ3v) is 7.48. The Labute approximate surface area is 198 Å². The number of carbonyl (C=O) groups excluding carboxylic acids is 1. The summed E-state index contributed by atoms with van der Waals surface area (Å²) in [6.45, 7) is 14.3. The number of nitrogens with one attached hydrogen (secondary N) is 2. The van der Waals surface area contributed by atoms with Crippen LogP contribution in [0, 0.1) is 10.8 Å². The molecule has 1 amide bonds. The Morgan fingerprint density at radius 3 is 2.27 bits per heavy atom. The molecule has 0 spiro atoms. The summed E-state index contributed by atoms with van der Waals surface area (Å²) in [5.41, 5.74) is 1.68. The number of carbonyl (C=O) groups is 1. The average Bonchev–Trinajstić information content (AvgIpc) is 2.82. The third kappa shape index (κ3) is 5.25. The molecular weight excluding hydrogens is 410 g/mol. The van der Waals surface area contributed by atoms with Gasteiger partial charge in [-0.25, -0.2) is 0 Å². The second-order valence-electron chi connectivity index (χ2n) is 10.8. The first-order valence-corrected chi connectivity index (χ1v) is 12.3. The molecule has 33 heavy (non-hydrogen) atoms. The zero-order valence-corrected chi connectivity index (χ0v) is 20.6. The van der Waals surface area contributed by atoms with Gasteiger partial charge in [0.15, 0.2) is 0 Å². The predicted molar refractivity (Wildman–Crippen MR) is 134 cm³/mol. The van der Waals surface area contributed by atoms with Crippen LogP contribution in [0.4, 0.5) is 0 Å². The number of para-hydroxylation sites is 1. The summed E-state index contributed by atoms with van der Waals surface area (Å²) in [5.74, 6) is 0.868. The van der Waals surface area contributed by atoms with Crippen LogP contribution in [0.3, 0.4) is 0 Å². The summed E-state index contributed by atoms with van der Waals surface area (Å²) >= 11 is 0. The van der Waals surface area contributed by atoms with Crippen molar-refractivity contribution >= 4 is 5.91 Å². The smallest absolute Gasteiger partial charge is 0.251 e. The van der Waals surface area contributed by atoms with E-state index in [-0.39, 0.29) is 28.9 Å². The van der Waals surface area contributed by atoms with E-state index in [1.807, 2.05) is 42.5 Å². The van der Waals surface area contributed by atoms with Crippen LogP contribution in [0.5, 0.6) is 5.75 Å². The van der Waals surface area contributed by atoms with E-state index < -0.39 is 0 Å². The van der Waals surface area contributed by atoms with E-state index in [2.05, 4.69) is 55.4 Å². The molecule has 1 aliphatic heterocycles. The molecule has 5 nitrogen and oxygen atoms in total. The molecule has 4 rings (SSSR count). The van der Waals surface area contributed by atoms with Crippen LogP contribution in [0.1, 0.15) is 50.0 Å². The number of benzene rings is 2. The minimum absolute atomic E-state index is 0.00771. The molecule has 2 fully saturated rings. The van der Waals surface area contributed by atoms with Gasteiger partial charge in [-0.1, -0.05) is 58.0 Å². The van der Waals surface area contributed by atoms with E-state index in [1.54, 1.807) is 0 Å². The van der Waals surface area contributed by atoms with E-state index in [0.717, 1.165) is 56.9 Å². The van der Waals surface area contributed by atoms with Crippen molar-refractivity contribution in [3.05, 3.63) is 65.7 Å². The van der Waals surface area contributed by atoms with Crippen molar-refractivity contribution in [1.29, 1.82) is 0 Å². The van der Waals surface area contributed by atoms with Gasteiger partial charge in [0.25, 0.3) is 5.91 Å². The molecule has 2 aromatic rings. The molecule has 0 atom stereocenters. The predicted octanol–water partition coefficient (Wildman–Crippen LogP) is 4.14. The summed E-state index contributed by atoms with van der Waals surface area (Å²) in [5, 5.41) is 6.70. The Bertz CT molecular complexity index is 902. The number of aryl methyl sites for hydroxylation is 1. The lowest BCUT2D eigenvalue weighted by Gasteiger charge is -2.63. The van der Waals surface area contributed by atoms with Crippen LogP contribution in [0.25, 0.3) is 0 Å². The Morgan fingerprint density at radius 2 is 1.64 bits per heavy atom. The van der Waals surface area contributed by atoms with E-state index in [4.69, 9.17) is 4.74 Å². The maximum absolute atomic E-state index is 13.1. The molecule has 2 aromatic carbocycles. The summed E-state index contributed by atoms with van der Waals surface area (Å²) in [6, 6.07) is 18.1. The summed E-state index contributed by atoms with van der Waals surface area (Å²) in [7, 11) is 0. The highest BCUT2D eigenvalue weighted by Crippen LogP contribution is 2.55. The minimum Gasteiger partial charge on any atom is -0.489 e. The van der Waals surface area contributed by atoms with Crippen molar-refractivity contribution in [3.63, 3.8) is 0 Å². The standard InChI is InChI=1S/C28H39N3O2/c1-27(2)25(28(3,4)26(27)33-23-10-6-5-7-11-23)30-24(32)22-14-12-21(13-15-22)9-8-18-31-19-16-29-17-20-31/h5-7,10-15,25-26,29H,8-9,16-20H2,1-4H3,(H,30,32). The first-order valence-electron chi connectivity index (χ1n) is 12.3. The number of ether oxygens (including phenoxy) is 1. The largest absolute Gasteiger partial charge is 0.489 e. The van der Waals surface area contributed by atoms with Crippen molar-refractivity contribution in [2.45, 2.75) is 52.7 Å². The Balaban J connectivity index is 1.31. The number of rotatable bonds is 8. The molecule has 0 bridgehead atoms. The maximum Gasteiger partial charge on any atom is 0.251 e. The molecule has 1 aliphatic carbocycles. The highest BCUT2D eigenvalue weighted by atomic mass is 16.5. The minimum atomic E-state index is -0.168. The van der Waals surface area contributed by atoms with Gasteiger partial charge in [0.1, 0.15) is 11.9 Å². The van der Waals surface area contributed by atoms with E-state index in [0.29, 0.717) is 0 Å². The average molecular weight is 450 g/mol. The molecule has 0 aromatic heterocycles. The van der Waals surface area contributed by atoms with Gasteiger partial charge in [0.2, 0.25) is 0 Å². The quantitative estimate of drug-likeness (QED) is 0.636. The molecular formula is C28H39N3O2. The number of nitrogens with zero attached hydrogens (tertiary/aromatic N) is 1. The van der Waals surface area contributed by atoms with Crippen LogP contribution in [-0.4, -0.2) is 55.7 Å². The van der Waals surface area contributed by atoms with E-state index in [1.165, 1.54) is 5.56 Å². The lowest BCUT2D eigenvalue weighted by atomic mass is 9.49. The zero-order valence-electron chi connectivity index (χ0n) is 20.6. The Kier molecular flexibility index (Phi) is 7.10. The molecule has 5 heteroatoms. The number of piperazine rings is 1. The first-order chi connectivity index (χ1) is 15.8. The van der Waals surface area contributed by atoms with Gasteiger partial charge in [-0.3, -0.25) is 4.79 Å². The number of hydrogen-bond donors (Lipinski definition) is 2. The van der Waals surface area contributed by atoms with Crippen LogP contribution < -0.4 is 15.4 Å². The Morgan fingerprint density at radius 1 is 1.00 bits per heavy atom. The van der Waals surface area contributed by atoms with Gasteiger partial charge >= 0.3 is 0 Å². The molecule has 1 saturated carbocycles. The van der Waals surface area contributed by atoms with Crippen LogP contribution in [0.2, 0.25) is 0 Å². The van der Waals surface area contributed by atoms with Gasteiger partial charge in [0.05, 0.1) is 0 Å². The number of hydrogen-bond acceptors (Lipinski definition) is 4. The molecule has 2 aliphatic rings. The molecule has 0 radical (unpaired) electrons. The lowest BCUT2D eigenvalue weighted by Crippen LogP contribution is -2.74. The van der Waals surface area contributed by atoms with Crippen molar-refractivity contribution in [2.24, 2.45) is 10.8 Å². The summed E-state index contributed by atoms with van der Waals surface area (Å²) in [6.07, 6.45) is 2.22. The first kappa shape index (κ1) is 23.8. The van der Waals surface area contributed by atoms with Crippen molar-refractivity contribution in [3.8, 4) is 5.75 Å². The Hall–Kier alpha value is -2.37. The van der Waals surface area contributed by atoms with Gasteiger partial charge in [-0.05, 0) is 49.2 Å². The van der Waals surface area contributed by atoms with Crippen molar-refractivity contribution < 1.29 is 9.53 Å². The van der Waals surface area contributed by atoms with Gasteiger partial charge in [0, 0.05) is 48.6 Å². The van der Waals surface area contributed by atoms with E-state index in [9.17, 15) is 4.79 Å². The molecule has 0 unspecified atom stereocenters. The summed E-state index contributed by atoms with van der Waals surface area (Å²) in [4.78, 5) is 15.6. The number of amides is 1. The van der Waals surface area contributed by atoms with Crippen molar-refractivity contribution in [1.82, 2.24) is 15.5 Å². The molecule has 1 heterocycles. The monoisotopic (exact) mass is 449 g/mol. The SMILES string of the molecule is CC1(C)C(NC(=O)c2ccc(CCCN3CCNCC3)cc2)C(C)(C)C1Oc1ccccc1. The molecule has 1 saturated heterocycles. The lowest BCUT2D eigenvalue weighted by molar-refractivity contribution is -0.164. The molecule has 178 valence electrons. The fourth-order valence-electron chi connectivity index (χ4n) is 5.91. The van der Waals surface area contributed by atoms with E-state index >= 15 is 0 Å².